The van der Waals surface area contributed by atoms with Crippen molar-refractivity contribution >= 4 is 11.8 Å². The number of carbonyl (C=O) groups excluding carboxylic acids is 2. The minimum absolute atomic E-state index is 0.00329. The van der Waals surface area contributed by atoms with Gasteiger partial charge in [-0.15, -0.1) is 0 Å². The minimum Gasteiger partial charge on any atom is -0.395 e. The molecule has 2 saturated heterocycles. The summed E-state index contributed by atoms with van der Waals surface area (Å²) in [6.07, 6.45) is 5.77. The third-order valence-corrected chi connectivity index (χ3v) is 9.35. The summed E-state index contributed by atoms with van der Waals surface area (Å²) in [6.45, 7) is 2.26. The molecular formula is C38H49N3O7. The lowest BCUT2D eigenvalue weighted by molar-refractivity contribution is -0.253. The molecule has 2 heterocycles. The standard InChI is InChI=1S/C38H49N3O7/c42-25-27-15-17-29(18-16-27)35-22-34(24-41-19-7-12-33(41)26-43)47-38(48-35)32-11-6-10-31(21-32)30-9-5-8-28(20-30)23-39-36(44)13-3-1-2-4-14-37(45)40-46/h5-6,8-11,15-18,20-21,33-35,38,42-43,46H,1-4,7,12-14,19,22-26H2,(H,39,44)(H,40,45)/t33-,34-,35+,38+/m0/s1. The van der Waals surface area contributed by atoms with Crippen LogP contribution < -0.4 is 10.8 Å². The molecule has 4 atom stereocenters. The van der Waals surface area contributed by atoms with Gasteiger partial charge in [0.15, 0.2) is 6.29 Å². The molecule has 0 saturated carbocycles. The van der Waals surface area contributed by atoms with Crippen LogP contribution in [0.15, 0.2) is 72.8 Å². The lowest BCUT2D eigenvalue weighted by Gasteiger charge is -2.38. The average Bonchev–Trinajstić information content (AvgIpc) is 3.59. The van der Waals surface area contributed by atoms with Gasteiger partial charge in [0.05, 0.1) is 25.4 Å². The van der Waals surface area contributed by atoms with Gasteiger partial charge in [-0.1, -0.05) is 73.5 Å². The van der Waals surface area contributed by atoms with Crippen LogP contribution in [0, 0.1) is 0 Å². The molecule has 0 radical (unpaired) electrons. The molecule has 0 aromatic heterocycles. The molecule has 2 fully saturated rings. The van der Waals surface area contributed by atoms with Crippen LogP contribution in [-0.4, -0.2) is 64.0 Å². The molecule has 10 heteroatoms. The lowest BCUT2D eigenvalue weighted by Crippen LogP contribution is -2.42. The van der Waals surface area contributed by atoms with Gasteiger partial charge in [0.1, 0.15) is 0 Å². The van der Waals surface area contributed by atoms with E-state index in [0.29, 0.717) is 25.8 Å². The summed E-state index contributed by atoms with van der Waals surface area (Å²) in [6, 6.07) is 24.4. The maximum atomic E-state index is 12.4. The number of rotatable bonds is 16. The Labute approximate surface area is 283 Å². The normalized spacial score (nSPS) is 21.2. The van der Waals surface area contributed by atoms with Crippen LogP contribution in [0.25, 0.3) is 11.1 Å². The summed E-state index contributed by atoms with van der Waals surface area (Å²) in [5, 5.41) is 31.0. The van der Waals surface area contributed by atoms with E-state index in [4.69, 9.17) is 14.7 Å². The number of aliphatic hydroxyl groups excluding tert-OH is 2. The first-order valence-corrected chi connectivity index (χ1v) is 17.2. The summed E-state index contributed by atoms with van der Waals surface area (Å²) in [4.78, 5) is 25.9. The zero-order valence-electron chi connectivity index (χ0n) is 27.6. The zero-order valence-corrected chi connectivity index (χ0v) is 27.6. The minimum atomic E-state index is -0.573. The van der Waals surface area contributed by atoms with Gasteiger partial charge in [-0.2, -0.15) is 0 Å². The summed E-state index contributed by atoms with van der Waals surface area (Å²) in [7, 11) is 0. The van der Waals surface area contributed by atoms with Gasteiger partial charge in [0.2, 0.25) is 11.8 Å². The molecule has 5 N–H and O–H groups in total. The highest BCUT2D eigenvalue weighted by Gasteiger charge is 2.35. The Hall–Kier alpha value is -3.64. The second-order valence-corrected chi connectivity index (χ2v) is 12.9. The fraction of sp³-hybridized carbons (Fsp3) is 0.474. The van der Waals surface area contributed by atoms with E-state index < -0.39 is 6.29 Å². The molecule has 2 amide bonds. The van der Waals surface area contributed by atoms with Crippen molar-refractivity contribution in [2.75, 3.05) is 19.7 Å². The van der Waals surface area contributed by atoms with E-state index in [9.17, 15) is 19.8 Å². The number of ether oxygens (including phenoxy) is 2. The topological polar surface area (TPSA) is 141 Å². The number of benzene rings is 3. The highest BCUT2D eigenvalue weighted by Crippen LogP contribution is 2.39. The van der Waals surface area contributed by atoms with Gasteiger partial charge in [0, 0.05) is 44.0 Å². The maximum Gasteiger partial charge on any atom is 0.243 e. The Morgan fingerprint density at radius 2 is 1.54 bits per heavy atom. The van der Waals surface area contributed by atoms with Crippen LogP contribution in [0.2, 0.25) is 0 Å². The lowest BCUT2D eigenvalue weighted by atomic mass is 9.98. The summed E-state index contributed by atoms with van der Waals surface area (Å²) < 4.78 is 13.2. The SMILES string of the molecule is O=C(CCCCCCC(=O)NCc1cccc(-c2cccc([C@@H]3O[C@H](CN4CCC[C@H]4CO)C[C@H](c4ccc(CO)cc4)O3)c2)c1)NO. The molecule has 3 aromatic carbocycles. The van der Waals surface area contributed by atoms with Crippen LogP contribution in [0.4, 0.5) is 0 Å². The van der Waals surface area contributed by atoms with Crippen LogP contribution >= 0.6 is 0 Å². The quantitative estimate of drug-likeness (QED) is 0.0792. The first-order valence-electron chi connectivity index (χ1n) is 17.2. The zero-order chi connectivity index (χ0) is 33.7. The molecule has 0 spiro atoms. The van der Waals surface area contributed by atoms with Crippen LogP contribution in [0.3, 0.4) is 0 Å². The Morgan fingerprint density at radius 3 is 2.27 bits per heavy atom. The smallest absolute Gasteiger partial charge is 0.243 e. The molecule has 3 aromatic rings. The Bertz CT molecular complexity index is 1470. The van der Waals surface area contributed by atoms with Gasteiger partial charge in [-0.3, -0.25) is 19.7 Å². The van der Waals surface area contributed by atoms with E-state index >= 15 is 0 Å². The second-order valence-electron chi connectivity index (χ2n) is 12.9. The number of unbranched alkanes of at least 4 members (excludes halogenated alkanes) is 3. The van der Waals surface area contributed by atoms with Crippen molar-refractivity contribution in [3.05, 3.63) is 95.1 Å². The number of hydroxylamine groups is 1. The Morgan fingerprint density at radius 1 is 0.812 bits per heavy atom. The van der Waals surface area contributed by atoms with Crippen molar-refractivity contribution in [1.29, 1.82) is 0 Å². The monoisotopic (exact) mass is 659 g/mol. The van der Waals surface area contributed by atoms with Crippen molar-refractivity contribution in [2.45, 2.75) is 95.5 Å². The number of hydrogen-bond acceptors (Lipinski definition) is 8. The summed E-state index contributed by atoms with van der Waals surface area (Å²) in [5.74, 6) is -0.386. The summed E-state index contributed by atoms with van der Waals surface area (Å²) >= 11 is 0. The van der Waals surface area contributed by atoms with Crippen molar-refractivity contribution in [3.63, 3.8) is 0 Å². The molecule has 2 aliphatic rings. The number of nitrogens with one attached hydrogen (secondary N) is 2. The molecule has 0 aliphatic carbocycles. The van der Waals surface area contributed by atoms with Crippen LogP contribution in [0.1, 0.15) is 92.4 Å². The Balaban J connectivity index is 1.22. The van der Waals surface area contributed by atoms with Gasteiger partial charge in [-0.05, 0) is 72.2 Å². The third-order valence-electron chi connectivity index (χ3n) is 9.35. The molecule has 5 rings (SSSR count). The third kappa shape index (κ3) is 10.2. The van der Waals surface area contributed by atoms with E-state index in [-0.39, 0.29) is 49.7 Å². The van der Waals surface area contributed by atoms with E-state index in [0.717, 1.165) is 78.6 Å². The Kier molecular flexibility index (Phi) is 13.5. The van der Waals surface area contributed by atoms with Crippen molar-refractivity contribution in [2.24, 2.45) is 0 Å². The van der Waals surface area contributed by atoms with Crippen molar-refractivity contribution < 1.29 is 34.5 Å². The van der Waals surface area contributed by atoms with Gasteiger partial charge in [0.25, 0.3) is 0 Å². The molecule has 2 aliphatic heterocycles. The van der Waals surface area contributed by atoms with E-state index in [1.54, 1.807) is 5.48 Å². The summed E-state index contributed by atoms with van der Waals surface area (Å²) in [5.41, 5.74) is 7.51. The van der Waals surface area contributed by atoms with Crippen molar-refractivity contribution in [1.82, 2.24) is 15.7 Å². The van der Waals surface area contributed by atoms with E-state index in [1.807, 2.05) is 48.5 Å². The van der Waals surface area contributed by atoms with E-state index in [1.165, 1.54) is 0 Å². The predicted octanol–water partition coefficient (Wildman–Crippen LogP) is 5.31. The average molecular weight is 660 g/mol. The van der Waals surface area contributed by atoms with Gasteiger partial charge in [-0.25, -0.2) is 5.48 Å². The number of amides is 2. The molecule has 0 unspecified atom stereocenters. The number of aliphatic hydroxyl groups is 2. The molecule has 10 nitrogen and oxygen atoms in total. The van der Waals surface area contributed by atoms with Gasteiger partial charge < -0.3 is 25.0 Å². The van der Waals surface area contributed by atoms with Crippen LogP contribution in [0.5, 0.6) is 0 Å². The highest BCUT2D eigenvalue weighted by molar-refractivity contribution is 5.76. The van der Waals surface area contributed by atoms with E-state index in [2.05, 4.69) is 34.5 Å². The number of likely N-dealkylation sites (tertiary alicyclic amines) is 1. The van der Waals surface area contributed by atoms with Crippen molar-refractivity contribution in [3.8, 4) is 11.1 Å². The molecule has 0 bridgehead atoms. The molecule has 258 valence electrons. The molecular weight excluding hydrogens is 610 g/mol. The molecule has 48 heavy (non-hydrogen) atoms. The highest BCUT2D eigenvalue weighted by atomic mass is 16.7. The van der Waals surface area contributed by atoms with Gasteiger partial charge >= 0.3 is 0 Å². The number of nitrogens with zero attached hydrogens (tertiary/aromatic N) is 1. The largest absolute Gasteiger partial charge is 0.395 e. The first kappa shape index (κ1) is 35.7. The maximum absolute atomic E-state index is 12.4. The fourth-order valence-electron chi connectivity index (χ4n) is 6.63. The first-order chi connectivity index (χ1) is 23.4. The van der Waals surface area contributed by atoms with Crippen LogP contribution in [-0.2, 0) is 32.2 Å². The fourth-order valence-corrected chi connectivity index (χ4v) is 6.63. The predicted molar refractivity (Wildman–Crippen MR) is 181 cm³/mol. The number of carbonyl (C=O) groups is 2. The second kappa shape index (κ2) is 18.2. The number of hydrogen-bond donors (Lipinski definition) is 5.